The molecule has 1 saturated heterocycles. The van der Waals surface area contributed by atoms with Crippen molar-refractivity contribution in [2.24, 2.45) is 5.92 Å². The van der Waals surface area contributed by atoms with Gasteiger partial charge in [0.1, 0.15) is 5.75 Å². The molecule has 1 aromatic carbocycles. The van der Waals surface area contributed by atoms with Crippen LogP contribution in [-0.2, 0) is 4.79 Å². The minimum absolute atomic E-state index is 0.0964. The first-order chi connectivity index (χ1) is 12.1. The fraction of sp³-hybridized carbons (Fsp3) is 0.368. The highest BCUT2D eigenvalue weighted by atomic mass is 16.5. The molecule has 1 N–H and O–H groups in total. The van der Waals surface area contributed by atoms with Crippen LogP contribution in [0.5, 0.6) is 5.75 Å². The number of anilines is 1. The highest BCUT2D eigenvalue weighted by Gasteiger charge is 2.30. The van der Waals surface area contributed by atoms with Gasteiger partial charge in [0.05, 0.1) is 25.0 Å². The number of methoxy groups -OCH3 is 1. The van der Waals surface area contributed by atoms with Gasteiger partial charge in [0.2, 0.25) is 5.91 Å². The summed E-state index contributed by atoms with van der Waals surface area (Å²) in [5.41, 5.74) is 1.69. The number of carbonyl (C=O) groups is 2. The maximum absolute atomic E-state index is 12.7. The molecule has 6 heteroatoms. The van der Waals surface area contributed by atoms with Crippen LogP contribution in [0.2, 0.25) is 0 Å². The lowest BCUT2D eigenvalue weighted by atomic mass is 9.96. The van der Waals surface area contributed by atoms with Gasteiger partial charge in [-0.2, -0.15) is 0 Å². The van der Waals surface area contributed by atoms with Crippen molar-refractivity contribution in [2.75, 3.05) is 25.5 Å². The number of hydrogen-bond acceptors (Lipinski definition) is 4. The molecule has 1 aliphatic rings. The Morgan fingerprint density at radius 2 is 2.16 bits per heavy atom. The van der Waals surface area contributed by atoms with Gasteiger partial charge in [0.15, 0.2) is 5.76 Å². The lowest BCUT2D eigenvalue weighted by Gasteiger charge is -2.31. The van der Waals surface area contributed by atoms with Gasteiger partial charge in [0, 0.05) is 13.1 Å². The number of furan rings is 1. The van der Waals surface area contributed by atoms with E-state index < -0.39 is 0 Å². The fourth-order valence-electron chi connectivity index (χ4n) is 3.09. The van der Waals surface area contributed by atoms with E-state index in [1.807, 2.05) is 25.1 Å². The summed E-state index contributed by atoms with van der Waals surface area (Å²) in [5.74, 6) is 0.411. The molecule has 0 aliphatic carbocycles. The van der Waals surface area contributed by atoms with Gasteiger partial charge < -0.3 is 19.4 Å². The Morgan fingerprint density at radius 3 is 2.88 bits per heavy atom. The average Bonchev–Trinajstić information content (AvgIpc) is 3.16. The second-order valence-corrected chi connectivity index (χ2v) is 6.26. The number of piperidine rings is 1. The first kappa shape index (κ1) is 17.1. The Bertz CT molecular complexity index is 755. The number of aryl methyl sites for hydroxylation is 1. The number of likely N-dealkylation sites (tertiary alicyclic amines) is 1. The Balaban J connectivity index is 1.68. The summed E-state index contributed by atoms with van der Waals surface area (Å²) >= 11 is 0. The summed E-state index contributed by atoms with van der Waals surface area (Å²) in [7, 11) is 1.57. The van der Waals surface area contributed by atoms with E-state index in [1.54, 1.807) is 24.1 Å². The summed E-state index contributed by atoms with van der Waals surface area (Å²) in [6.07, 6.45) is 3.02. The molecule has 2 amide bonds. The van der Waals surface area contributed by atoms with Gasteiger partial charge in [-0.05, 0) is 49.6 Å². The summed E-state index contributed by atoms with van der Waals surface area (Å²) in [5, 5.41) is 2.94. The number of carbonyl (C=O) groups excluding carboxylic acids is 2. The van der Waals surface area contributed by atoms with Gasteiger partial charge in [-0.3, -0.25) is 9.59 Å². The summed E-state index contributed by atoms with van der Waals surface area (Å²) in [4.78, 5) is 26.8. The van der Waals surface area contributed by atoms with E-state index >= 15 is 0 Å². The zero-order valence-electron chi connectivity index (χ0n) is 14.5. The van der Waals surface area contributed by atoms with Crippen molar-refractivity contribution in [1.29, 1.82) is 0 Å². The number of amides is 2. The highest BCUT2D eigenvalue weighted by Crippen LogP contribution is 2.27. The Hall–Kier alpha value is -2.76. The second kappa shape index (κ2) is 7.42. The van der Waals surface area contributed by atoms with Crippen LogP contribution >= 0.6 is 0 Å². The molecule has 0 saturated carbocycles. The third-order valence-corrected chi connectivity index (χ3v) is 4.42. The molecule has 0 bridgehead atoms. The van der Waals surface area contributed by atoms with Crippen LogP contribution < -0.4 is 10.1 Å². The van der Waals surface area contributed by atoms with Gasteiger partial charge >= 0.3 is 0 Å². The molecule has 1 atom stereocenters. The van der Waals surface area contributed by atoms with Gasteiger partial charge in [-0.25, -0.2) is 0 Å². The minimum atomic E-state index is -0.252. The van der Waals surface area contributed by atoms with Crippen LogP contribution in [0.4, 0.5) is 5.69 Å². The highest BCUT2D eigenvalue weighted by molar-refractivity contribution is 5.96. The topological polar surface area (TPSA) is 71.8 Å². The van der Waals surface area contributed by atoms with Crippen molar-refractivity contribution in [3.63, 3.8) is 0 Å². The van der Waals surface area contributed by atoms with Crippen molar-refractivity contribution < 1.29 is 18.7 Å². The maximum atomic E-state index is 12.7. The van der Waals surface area contributed by atoms with Crippen molar-refractivity contribution in [1.82, 2.24) is 4.90 Å². The standard InChI is InChI=1S/C19H22N2O4/c1-13-7-8-16(24-2)15(11-13)20-18(22)14-5-3-9-21(12-14)19(23)17-6-4-10-25-17/h4,6-8,10-11,14H,3,5,9,12H2,1-2H3,(H,20,22)/t14-/m1/s1. The molecule has 0 spiro atoms. The molecule has 3 rings (SSSR count). The lowest BCUT2D eigenvalue weighted by molar-refractivity contribution is -0.121. The first-order valence-electron chi connectivity index (χ1n) is 8.37. The number of rotatable bonds is 4. The van der Waals surface area contributed by atoms with E-state index in [4.69, 9.17) is 9.15 Å². The van der Waals surface area contributed by atoms with E-state index in [-0.39, 0.29) is 17.7 Å². The smallest absolute Gasteiger partial charge is 0.289 e. The molecule has 6 nitrogen and oxygen atoms in total. The molecule has 132 valence electrons. The minimum Gasteiger partial charge on any atom is -0.495 e. The molecule has 1 aliphatic heterocycles. The van der Waals surface area contributed by atoms with Crippen LogP contribution in [0.1, 0.15) is 29.0 Å². The Labute approximate surface area is 146 Å². The van der Waals surface area contributed by atoms with E-state index in [0.29, 0.717) is 30.3 Å². The molecule has 1 fully saturated rings. The van der Waals surface area contributed by atoms with Crippen molar-refractivity contribution >= 4 is 17.5 Å². The van der Waals surface area contributed by atoms with Gasteiger partial charge in [-0.15, -0.1) is 0 Å². The number of hydrogen-bond donors (Lipinski definition) is 1. The monoisotopic (exact) mass is 342 g/mol. The Morgan fingerprint density at radius 1 is 1.32 bits per heavy atom. The second-order valence-electron chi connectivity index (χ2n) is 6.26. The molecule has 0 radical (unpaired) electrons. The third kappa shape index (κ3) is 3.84. The summed E-state index contributed by atoms with van der Waals surface area (Å²) < 4.78 is 10.5. The Kier molecular flexibility index (Phi) is 5.07. The number of benzene rings is 1. The van der Waals surface area contributed by atoms with E-state index in [2.05, 4.69) is 5.32 Å². The molecular formula is C19H22N2O4. The fourth-order valence-corrected chi connectivity index (χ4v) is 3.09. The zero-order valence-corrected chi connectivity index (χ0v) is 14.5. The van der Waals surface area contributed by atoms with E-state index in [0.717, 1.165) is 18.4 Å². The van der Waals surface area contributed by atoms with Crippen LogP contribution in [0.25, 0.3) is 0 Å². The molecule has 2 heterocycles. The van der Waals surface area contributed by atoms with Crippen LogP contribution in [0.15, 0.2) is 41.0 Å². The SMILES string of the molecule is COc1ccc(C)cc1NC(=O)[C@@H]1CCCN(C(=O)c2ccco2)C1. The maximum Gasteiger partial charge on any atom is 0.289 e. The molecular weight excluding hydrogens is 320 g/mol. The molecule has 0 unspecified atom stereocenters. The van der Waals surface area contributed by atoms with Crippen molar-refractivity contribution in [2.45, 2.75) is 19.8 Å². The number of nitrogens with zero attached hydrogens (tertiary/aromatic N) is 1. The number of ether oxygens (including phenoxy) is 1. The van der Waals surface area contributed by atoms with Gasteiger partial charge in [-0.1, -0.05) is 6.07 Å². The van der Waals surface area contributed by atoms with Gasteiger partial charge in [0.25, 0.3) is 5.91 Å². The lowest BCUT2D eigenvalue weighted by Crippen LogP contribution is -2.43. The normalized spacial score (nSPS) is 17.2. The molecule has 2 aromatic rings. The predicted molar refractivity (Wildman–Crippen MR) is 93.7 cm³/mol. The largest absolute Gasteiger partial charge is 0.495 e. The van der Waals surface area contributed by atoms with Crippen LogP contribution in [0, 0.1) is 12.8 Å². The van der Waals surface area contributed by atoms with Crippen LogP contribution in [0.3, 0.4) is 0 Å². The third-order valence-electron chi connectivity index (χ3n) is 4.42. The summed E-state index contributed by atoms with van der Waals surface area (Å²) in [6.45, 7) is 2.98. The predicted octanol–water partition coefficient (Wildman–Crippen LogP) is 3.09. The molecule has 25 heavy (non-hydrogen) atoms. The quantitative estimate of drug-likeness (QED) is 0.927. The average molecular weight is 342 g/mol. The van der Waals surface area contributed by atoms with E-state index in [1.165, 1.54) is 6.26 Å². The van der Waals surface area contributed by atoms with Crippen LogP contribution in [-0.4, -0.2) is 36.9 Å². The van der Waals surface area contributed by atoms with Crippen molar-refractivity contribution in [3.05, 3.63) is 47.9 Å². The summed E-state index contributed by atoms with van der Waals surface area (Å²) in [6, 6.07) is 8.97. The van der Waals surface area contributed by atoms with E-state index in [9.17, 15) is 9.59 Å². The van der Waals surface area contributed by atoms with Crippen molar-refractivity contribution in [3.8, 4) is 5.75 Å². The zero-order chi connectivity index (χ0) is 17.8. The molecule has 1 aromatic heterocycles. The first-order valence-corrected chi connectivity index (χ1v) is 8.37. The number of nitrogens with one attached hydrogen (secondary N) is 1.